The van der Waals surface area contributed by atoms with Gasteiger partial charge in [-0.25, -0.2) is 19.3 Å². The third-order valence-corrected chi connectivity index (χ3v) is 13.1. The average molecular weight is 1070 g/mol. The third kappa shape index (κ3) is 12.4. The number of carbonyl (C=O) groups is 3. The number of carbonyl (C=O) groups excluding carboxylic acids is 3. The Bertz CT molecular complexity index is 3770. The Kier molecular flexibility index (Phi) is 16.8. The van der Waals surface area contributed by atoms with Crippen molar-refractivity contribution in [2.45, 2.75) is 60.7 Å². The molecule has 3 heterocycles. The third-order valence-electron chi connectivity index (χ3n) is 12.8. The number of rotatable bonds is 10. The van der Waals surface area contributed by atoms with E-state index < -0.39 is 17.6 Å². The Morgan fingerprint density at radius 2 is 0.923 bits per heavy atom. The van der Waals surface area contributed by atoms with Gasteiger partial charge < -0.3 is 29.7 Å². The molecule has 10 aromatic rings. The number of amides is 3. The number of aryl methyl sites for hydroxylation is 3. The summed E-state index contributed by atoms with van der Waals surface area (Å²) in [6.07, 6.45) is -4.47. The molecule has 3 aromatic heterocycles. The van der Waals surface area contributed by atoms with Crippen molar-refractivity contribution in [3.05, 3.63) is 250 Å². The first-order valence-corrected chi connectivity index (χ1v) is 25.1. The van der Waals surface area contributed by atoms with Gasteiger partial charge in [-0.15, -0.1) is 0 Å². The van der Waals surface area contributed by atoms with E-state index >= 15 is 0 Å². The van der Waals surface area contributed by atoms with Crippen LogP contribution in [0.1, 0.15) is 90.1 Å². The van der Waals surface area contributed by atoms with Crippen LogP contribution in [0.3, 0.4) is 0 Å². The van der Waals surface area contributed by atoms with Crippen LogP contribution in [-0.2, 0) is 6.18 Å². The minimum Gasteiger partial charge on any atom is -0.344 e. The van der Waals surface area contributed by atoms with Crippen LogP contribution in [0, 0.1) is 47.4 Å². The van der Waals surface area contributed by atoms with Crippen LogP contribution in [0.15, 0.2) is 176 Å². The van der Waals surface area contributed by atoms with Crippen LogP contribution in [0.25, 0.3) is 27.8 Å². The molecule has 0 spiro atoms. The zero-order valence-electron chi connectivity index (χ0n) is 43.6. The van der Waals surface area contributed by atoms with E-state index in [1.165, 1.54) is 24.3 Å². The van der Waals surface area contributed by atoms with E-state index in [1.54, 1.807) is 32.0 Å². The van der Waals surface area contributed by atoms with Gasteiger partial charge in [-0.3, -0.25) is 14.4 Å². The summed E-state index contributed by atoms with van der Waals surface area (Å²) in [5.74, 6) is 0.802. The van der Waals surface area contributed by atoms with Crippen molar-refractivity contribution in [1.82, 2.24) is 34.0 Å². The number of alkyl halides is 3. The highest BCUT2D eigenvalue weighted by Crippen LogP contribution is 2.32. The highest BCUT2D eigenvalue weighted by Gasteiger charge is 2.31. The number of anilines is 2. The zero-order valence-corrected chi connectivity index (χ0v) is 44.4. The number of nitrogens with one attached hydrogen (secondary N) is 3. The SMILES string of the molecule is Cc1nc(C(=O)NC(C)c2ccc(F)cc2)c(C)n1-c1ccccc1.Cc1nc(C(=O)Nc2ccc(Cl)c3ccccc23)c(C)n1-c1ccccc1.Cc1nc(C(=O)Nc2cccc(C(F)(F)F)c2)c(C)n1-c1ccccc1. The first-order chi connectivity index (χ1) is 37.3. The molecule has 0 saturated heterocycles. The Balaban J connectivity index is 0.000000155. The van der Waals surface area contributed by atoms with Crippen molar-refractivity contribution in [3.8, 4) is 17.1 Å². The molecule has 3 amide bonds. The maximum atomic E-state index is 13.0. The van der Waals surface area contributed by atoms with Gasteiger partial charge in [0.1, 0.15) is 40.4 Å². The van der Waals surface area contributed by atoms with Crippen LogP contribution in [0.5, 0.6) is 0 Å². The predicted octanol–water partition coefficient (Wildman–Crippen LogP) is 14.4. The van der Waals surface area contributed by atoms with Crippen molar-refractivity contribution < 1.29 is 31.9 Å². The van der Waals surface area contributed by atoms with E-state index in [2.05, 4.69) is 30.9 Å². The number of para-hydroxylation sites is 3. The molecule has 396 valence electrons. The summed E-state index contributed by atoms with van der Waals surface area (Å²) < 4.78 is 57.2. The maximum absolute atomic E-state index is 13.0. The number of nitrogens with zero attached hydrogens (tertiary/aromatic N) is 6. The van der Waals surface area contributed by atoms with Crippen molar-refractivity contribution in [3.63, 3.8) is 0 Å². The lowest BCUT2D eigenvalue weighted by Gasteiger charge is -2.14. The van der Waals surface area contributed by atoms with Crippen molar-refractivity contribution in [2.24, 2.45) is 0 Å². The molecule has 0 aliphatic rings. The van der Waals surface area contributed by atoms with E-state index in [4.69, 9.17) is 11.6 Å². The van der Waals surface area contributed by atoms with E-state index in [0.29, 0.717) is 33.6 Å². The van der Waals surface area contributed by atoms with Crippen LogP contribution in [0.4, 0.5) is 28.9 Å². The highest BCUT2D eigenvalue weighted by atomic mass is 35.5. The summed E-state index contributed by atoms with van der Waals surface area (Å²) in [6, 6.07) is 50.8. The fourth-order valence-electron chi connectivity index (χ4n) is 9.06. The van der Waals surface area contributed by atoms with Crippen LogP contribution >= 0.6 is 11.6 Å². The highest BCUT2D eigenvalue weighted by molar-refractivity contribution is 6.36. The van der Waals surface area contributed by atoms with Gasteiger partial charge in [0.15, 0.2) is 0 Å². The number of halogens is 5. The van der Waals surface area contributed by atoms with E-state index in [1.807, 2.05) is 170 Å². The molecule has 17 heteroatoms. The quantitative estimate of drug-likeness (QED) is 0.117. The minimum atomic E-state index is -4.47. The van der Waals surface area contributed by atoms with Gasteiger partial charge in [-0.05, 0) is 133 Å². The summed E-state index contributed by atoms with van der Waals surface area (Å²) in [5.41, 5.74) is 6.78. The summed E-state index contributed by atoms with van der Waals surface area (Å²) in [6.45, 7) is 12.9. The smallest absolute Gasteiger partial charge is 0.344 e. The number of imidazole rings is 3. The summed E-state index contributed by atoms with van der Waals surface area (Å²) in [5, 5.41) is 10.9. The van der Waals surface area contributed by atoms with Crippen molar-refractivity contribution in [1.29, 1.82) is 0 Å². The van der Waals surface area contributed by atoms with Gasteiger partial charge in [0.05, 0.1) is 28.7 Å². The van der Waals surface area contributed by atoms with E-state index in [9.17, 15) is 31.9 Å². The van der Waals surface area contributed by atoms with Crippen LogP contribution in [-0.4, -0.2) is 46.4 Å². The van der Waals surface area contributed by atoms with E-state index in [0.717, 1.165) is 68.6 Å². The maximum Gasteiger partial charge on any atom is 0.416 e. The molecule has 0 aliphatic carbocycles. The molecule has 3 N–H and O–H groups in total. The lowest BCUT2D eigenvalue weighted by Crippen LogP contribution is -2.27. The minimum absolute atomic E-state index is 0.0659. The first kappa shape index (κ1) is 55.1. The largest absolute Gasteiger partial charge is 0.416 e. The molecule has 0 fully saturated rings. The van der Waals surface area contributed by atoms with Crippen LogP contribution < -0.4 is 16.0 Å². The normalized spacial score (nSPS) is 11.4. The Morgan fingerprint density at radius 1 is 0.500 bits per heavy atom. The van der Waals surface area contributed by atoms with Gasteiger partial charge >= 0.3 is 6.18 Å². The fraction of sp³-hybridized carbons (Fsp3) is 0.148. The summed E-state index contributed by atoms with van der Waals surface area (Å²) in [7, 11) is 0. The molecular weight excluding hydrogens is 1020 g/mol. The molecule has 0 bridgehead atoms. The molecule has 10 rings (SSSR count). The van der Waals surface area contributed by atoms with Crippen molar-refractivity contribution >= 4 is 51.5 Å². The lowest BCUT2D eigenvalue weighted by atomic mass is 10.1. The van der Waals surface area contributed by atoms with Gasteiger partial charge in [-0.1, -0.05) is 109 Å². The summed E-state index contributed by atoms with van der Waals surface area (Å²) in [4.78, 5) is 51.3. The first-order valence-electron chi connectivity index (χ1n) is 24.7. The van der Waals surface area contributed by atoms with Crippen molar-refractivity contribution in [2.75, 3.05) is 10.6 Å². The molecule has 0 aliphatic heterocycles. The molecule has 0 radical (unpaired) electrons. The van der Waals surface area contributed by atoms with Gasteiger partial charge in [0.2, 0.25) is 0 Å². The molecule has 1 unspecified atom stereocenters. The topological polar surface area (TPSA) is 141 Å². The van der Waals surface area contributed by atoms with E-state index in [-0.39, 0.29) is 35.1 Å². The predicted molar refractivity (Wildman–Crippen MR) is 298 cm³/mol. The molecule has 12 nitrogen and oxygen atoms in total. The Morgan fingerprint density at radius 3 is 1.38 bits per heavy atom. The van der Waals surface area contributed by atoms with Gasteiger partial charge in [0.25, 0.3) is 17.7 Å². The van der Waals surface area contributed by atoms with Gasteiger partial charge in [-0.2, -0.15) is 13.2 Å². The Labute approximate surface area is 453 Å². The zero-order chi connectivity index (χ0) is 55.8. The standard InChI is InChI=1S/C22H18ClN3O.C20H20FN3O.C19H16F3N3O/c1-14-21(24-15(2)26(14)16-8-4-3-5-9-16)22(27)25-20-13-12-19(23)17-10-6-7-11-18(17)20;1-13(16-9-11-17(21)12-10-16)22-20(25)19-14(2)24(15(3)23-19)18-7-5-4-6-8-18;1-12-17(23-13(2)25(12)16-9-4-3-5-10-16)18(26)24-15-8-6-7-14(11-15)19(20,21)22/h3-13H,1-2H3,(H,25,27);4-13H,1-3H3,(H,22,25);3-11H,1-2H3,(H,24,26). The summed E-state index contributed by atoms with van der Waals surface area (Å²) >= 11 is 6.27. The second-order valence-corrected chi connectivity index (χ2v) is 18.6. The number of hydrogen-bond donors (Lipinski definition) is 3. The second-order valence-electron chi connectivity index (χ2n) is 18.2. The molecule has 1 atom stereocenters. The molecule has 0 saturated carbocycles. The van der Waals surface area contributed by atoms with Gasteiger partial charge in [0, 0.05) is 44.2 Å². The number of fused-ring (bicyclic) bond motifs is 1. The Hall–Kier alpha value is -9.15. The lowest BCUT2D eigenvalue weighted by molar-refractivity contribution is -0.137. The monoisotopic (exact) mass is 1070 g/mol. The molecule has 7 aromatic carbocycles. The average Bonchev–Trinajstić information content (AvgIpc) is 4.10. The molecule has 78 heavy (non-hydrogen) atoms. The number of hydrogen-bond acceptors (Lipinski definition) is 6. The molecular formula is C61H54ClF4N9O3. The fourth-order valence-corrected chi connectivity index (χ4v) is 9.29. The number of benzene rings is 7. The second kappa shape index (κ2) is 23.8. The number of aromatic nitrogens is 6. The van der Waals surface area contributed by atoms with Crippen LogP contribution in [0.2, 0.25) is 5.02 Å².